The highest BCUT2D eigenvalue weighted by atomic mass is 16.6. The number of hydrogen-bond donors (Lipinski definition) is 3. The molecule has 0 aliphatic carbocycles. The summed E-state index contributed by atoms with van der Waals surface area (Å²) in [6.07, 6.45) is 22.1. The SMILES string of the molecule is CCCC/C=C/CCCCCCCCCCCCCCO[C@@H]1CO[C@@H](CO)[C@H](O)[C@H]1O. The van der Waals surface area contributed by atoms with E-state index in [-0.39, 0.29) is 13.2 Å². The summed E-state index contributed by atoms with van der Waals surface area (Å²) in [5.74, 6) is 0. The van der Waals surface area contributed by atoms with Gasteiger partial charge in [0.25, 0.3) is 0 Å². The third-order valence-corrected chi connectivity index (χ3v) is 6.25. The molecule has 1 saturated heterocycles. The topological polar surface area (TPSA) is 79.2 Å². The fourth-order valence-corrected chi connectivity index (χ4v) is 4.09. The van der Waals surface area contributed by atoms with Gasteiger partial charge in [-0.25, -0.2) is 0 Å². The van der Waals surface area contributed by atoms with Gasteiger partial charge in [-0.3, -0.25) is 0 Å². The molecule has 1 aliphatic heterocycles. The van der Waals surface area contributed by atoms with E-state index in [2.05, 4.69) is 19.1 Å². The molecule has 1 heterocycles. The summed E-state index contributed by atoms with van der Waals surface area (Å²) in [5, 5.41) is 28.9. The van der Waals surface area contributed by atoms with E-state index in [1.54, 1.807) is 0 Å². The molecule has 31 heavy (non-hydrogen) atoms. The molecule has 184 valence electrons. The molecule has 0 radical (unpaired) electrons. The Morgan fingerprint density at radius 2 is 1.26 bits per heavy atom. The van der Waals surface area contributed by atoms with Gasteiger partial charge in [0.05, 0.1) is 13.2 Å². The van der Waals surface area contributed by atoms with Crippen molar-refractivity contribution in [3.63, 3.8) is 0 Å². The second-order valence-corrected chi connectivity index (χ2v) is 9.09. The van der Waals surface area contributed by atoms with Gasteiger partial charge in [0, 0.05) is 6.61 Å². The van der Waals surface area contributed by atoms with Crippen molar-refractivity contribution < 1.29 is 24.8 Å². The summed E-state index contributed by atoms with van der Waals surface area (Å²) >= 11 is 0. The molecule has 0 amide bonds. The molecule has 3 N–H and O–H groups in total. The smallest absolute Gasteiger partial charge is 0.111 e. The van der Waals surface area contributed by atoms with Crippen LogP contribution >= 0.6 is 0 Å². The van der Waals surface area contributed by atoms with Crippen LogP contribution in [0.5, 0.6) is 0 Å². The Labute approximate surface area is 191 Å². The average molecular weight is 443 g/mol. The van der Waals surface area contributed by atoms with Gasteiger partial charge in [-0.1, -0.05) is 96.1 Å². The van der Waals surface area contributed by atoms with Gasteiger partial charge in [0.2, 0.25) is 0 Å². The van der Waals surface area contributed by atoms with Crippen LogP contribution in [0.3, 0.4) is 0 Å². The minimum atomic E-state index is -1.08. The van der Waals surface area contributed by atoms with Crippen molar-refractivity contribution in [3.8, 4) is 0 Å². The molecule has 1 rings (SSSR count). The molecule has 0 aromatic carbocycles. The molecule has 0 aromatic heterocycles. The lowest BCUT2D eigenvalue weighted by molar-refractivity contribution is -0.208. The van der Waals surface area contributed by atoms with Crippen molar-refractivity contribution in [2.75, 3.05) is 19.8 Å². The largest absolute Gasteiger partial charge is 0.394 e. The highest BCUT2D eigenvalue weighted by Crippen LogP contribution is 2.18. The van der Waals surface area contributed by atoms with Crippen LogP contribution in [0.4, 0.5) is 0 Å². The third kappa shape index (κ3) is 14.3. The minimum Gasteiger partial charge on any atom is -0.394 e. The molecular weight excluding hydrogens is 392 g/mol. The maximum absolute atomic E-state index is 10.0. The second-order valence-electron chi connectivity index (χ2n) is 9.09. The molecule has 0 unspecified atom stereocenters. The maximum atomic E-state index is 10.0. The van der Waals surface area contributed by atoms with E-state index in [9.17, 15) is 10.2 Å². The van der Waals surface area contributed by atoms with E-state index in [0.717, 1.165) is 12.8 Å². The Bertz CT molecular complexity index is 415. The Kier molecular flexibility index (Phi) is 18.6. The first-order chi connectivity index (χ1) is 15.2. The van der Waals surface area contributed by atoms with Crippen LogP contribution < -0.4 is 0 Å². The van der Waals surface area contributed by atoms with Crippen LogP contribution in [0.2, 0.25) is 0 Å². The highest BCUT2D eigenvalue weighted by molar-refractivity contribution is 4.87. The predicted octanol–water partition coefficient (Wildman–Crippen LogP) is 5.30. The Balaban J connectivity index is 1.79. The molecule has 4 atom stereocenters. The number of aliphatic hydroxyl groups is 3. The zero-order chi connectivity index (χ0) is 22.6. The van der Waals surface area contributed by atoms with Gasteiger partial charge < -0.3 is 24.8 Å². The summed E-state index contributed by atoms with van der Waals surface area (Å²) in [7, 11) is 0. The predicted molar refractivity (Wildman–Crippen MR) is 127 cm³/mol. The lowest BCUT2D eigenvalue weighted by Crippen LogP contribution is -2.55. The van der Waals surface area contributed by atoms with Crippen molar-refractivity contribution in [3.05, 3.63) is 12.2 Å². The Morgan fingerprint density at radius 3 is 1.81 bits per heavy atom. The van der Waals surface area contributed by atoms with Crippen LogP contribution in [-0.2, 0) is 9.47 Å². The van der Waals surface area contributed by atoms with Gasteiger partial charge in [-0.15, -0.1) is 0 Å². The van der Waals surface area contributed by atoms with E-state index >= 15 is 0 Å². The monoisotopic (exact) mass is 442 g/mol. The average Bonchev–Trinajstić information content (AvgIpc) is 2.78. The van der Waals surface area contributed by atoms with E-state index in [1.165, 1.54) is 89.9 Å². The van der Waals surface area contributed by atoms with E-state index in [1.807, 2.05) is 0 Å². The van der Waals surface area contributed by atoms with Crippen LogP contribution in [0.1, 0.15) is 110 Å². The lowest BCUT2D eigenvalue weighted by Gasteiger charge is -2.36. The lowest BCUT2D eigenvalue weighted by atomic mass is 10.0. The molecule has 0 aromatic rings. The summed E-state index contributed by atoms with van der Waals surface area (Å²) < 4.78 is 11.0. The van der Waals surface area contributed by atoms with Crippen molar-refractivity contribution >= 4 is 0 Å². The number of hydrogen-bond acceptors (Lipinski definition) is 5. The van der Waals surface area contributed by atoms with Crippen molar-refractivity contribution in [2.45, 2.75) is 134 Å². The molecule has 1 aliphatic rings. The van der Waals surface area contributed by atoms with Gasteiger partial charge in [0.15, 0.2) is 0 Å². The molecule has 5 heteroatoms. The molecule has 0 bridgehead atoms. The summed E-state index contributed by atoms with van der Waals surface area (Å²) in [6, 6.07) is 0. The van der Waals surface area contributed by atoms with E-state index in [4.69, 9.17) is 14.6 Å². The maximum Gasteiger partial charge on any atom is 0.111 e. The Morgan fingerprint density at radius 1 is 0.742 bits per heavy atom. The first kappa shape index (κ1) is 28.6. The normalized spacial score (nSPS) is 24.3. The van der Waals surface area contributed by atoms with Crippen LogP contribution in [-0.4, -0.2) is 59.6 Å². The fourth-order valence-electron chi connectivity index (χ4n) is 4.09. The number of allylic oxidation sites excluding steroid dienone is 2. The number of rotatable bonds is 20. The summed E-state index contributed by atoms with van der Waals surface area (Å²) in [6.45, 7) is 2.76. The van der Waals surface area contributed by atoms with E-state index in [0.29, 0.717) is 6.61 Å². The zero-order valence-electron chi connectivity index (χ0n) is 20.1. The summed E-state index contributed by atoms with van der Waals surface area (Å²) in [5.41, 5.74) is 0. The quantitative estimate of drug-likeness (QED) is 0.176. The van der Waals surface area contributed by atoms with Crippen molar-refractivity contribution in [1.29, 1.82) is 0 Å². The van der Waals surface area contributed by atoms with Gasteiger partial charge in [-0.05, 0) is 25.7 Å². The molecule has 0 spiro atoms. The highest BCUT2D eigenvalue weighted by Gasteiger charge is 2.38. The number of ether oxygens (including phenoxy) is 2. The minimum absolute atomic E-state index is 0.222. The molecule has 5 nitrogen and oxygen atoms in total. The number of unbranched alkanes of at least 4 members (excludes halogenated alkanes) is 14. The Hall–Kier alpha value is -0.460. The molecule has 1 fully saturated rings. The van der Waals surface area contributed by atoms with Crippen LogP contribution in [0, 0.1) is 0 Å². The standard InChI is InChI=1S/C26H50O5/c1-2-3-4-5-6-7-8-9-10-11-12-13-14-15-16-17-18-19-20-30-24-22-31-23(21-27)25(28)26(24)29/h5-6,23-29H,2-4,7-22H2,1H3/b6-5+/t23-,24+,25-,26-/m0/s1. The van der Waals surface area contributed by atoms with Crippen LogP contribution in [0.15, 0.2) is 12.2 Å². The first-order valence-electron chi connectivity index (χ1n) is 13.1. The zero-order valence-corrected chi connectivity index (χ0v) is 20.1. The van der Waals surface area contributed by atoms with Gasteiger partial charge in [0.1, 0.15) is 24.4 Å². The van der Waals surface area contributed by atoms with Gasteiger partial charge >= 0.3 is 0 Å². The number of aliphatic hydroxyl groups excluding tert-OH is 3. The first-order valence-corrected chi connectivity index (χ1v) is 13.1. The molecule has 0 saturated carbocycles. The van der Waals surface area contributed by atoms with Crippen LogP contribution in [0.25, 0.3) is 0 Å². The van der Waals surface area contributed by atoms with Crippen molar-refractivity contribution in [1.82, 2.24) is 0 Å². The second kappa shape index (κ2) is 20.2. The van der Waals surface area contributed by atoms with E-state index < -0.39 is 24.4 Å². The molecular formula is C26H50O5. The van der Waals surface area contributed by atoms with Gasteiger partial charge in [-0.2, -0.15) is 0 Å². The fraction of sp³-hybridized carbons (Fsp3) is 0.923. The third-order valence-electron chi connectivity index (χ3n) is 6.25. The van der Waals surface area contributed by atoms with Crippen molar-refractivity contribution in [2.24, 2.45) is 0 Å². The summed E-state index contributed by atoms with van der Waals surface area (Å²) in [4.78, 5) is 0.